The van der Waals surface area contributed by atoms with Crippen LogP contribution < -0.4 is 0 Å². The van der Waals surface area contributed by atoms with Crippen molar-refractivity contribution in [2.75, 3.05) is 32.7 Å². The first kappa shape index (κ1) is 18.0. The summed E-state index contributed by atoms with van der Waals surface area (Å²) in [5.41, 5.74) is 4.00. The first-order valence-electron chi connectivity index (χ1n) is 8.82. The molecule has 0 radical (unpaired) electrons. The van der Waals surface area contributed by atoms with Gasteiger partial charge in [0.1, 0.15) is 5.82 Å². The number of aryl methyl sites for hydroxylation is 2. The zero-order valence-electron chi connectivity index (χ0n) is 15.2. The molecule has 1 fully saturated rings. The lowest BCUT2D eigenvalue weighted by atomic mass is 10.1. The topological polar surface area (TPSA) is 44.5 Å². The van der Waals surface area contributed by atoms with Gasteiger partial charge in [-0.2, -0.15) is 5.10 Å². The van der Waals surface area contributed by atoms with E-state index < -0.39 is 6.10 Å². The summed E-state index contributed by atoms with van der Waals surface area (Å²) in [6, 6.07) is 6.46. The van der Waals surface area contributed by atoms with Gasteiger partial charge in [-0.15, -0.1) is 0 Å². The van der Waals surface area contributed by atoms with Gasteiger partial charge in [-0.1, -0.05) is 18.2 Å². The summed E-state index contributed by atoms with van der Waals surface area (Å²) in [4.78, 5) is 4.62. The minimum atomic E-state index is -0.782. The number of hydrogen-bond donors (Lipinski definition) is 1. The zero-order chi connectivity index (χ0) is 18.0. The van der Waals surface area contributed by atoms with Crippen molar-refractivity contribution in [1.29, 1.82) is 0 Å². The van der Waals surface area contributed by atoms with Gasteiger partial charge in [0.25, 0.3) is 0 Å². The van der Waals surface area contributed by atoms with Crippen molar-refractivity contribution in [3.8, 4) is 0 Å². The molecule has 1 aromatic heterocycles. The zero-order valence-corrected chi connectivity index (χ0v) is 15.2. The molecule has 5 nitrogen and oxygen atoms in total. The van der Waals surface area contributed by atoms with E-state index in [0.29, 0.717) is 12.1 Å². The molecule has 1 N–H and O–H groups in total. The van der Waals surface area contributed by atoms with Gasteiger partial charge in [-0.05, 0) is 19.9 Å². The SMILES string of the molecule is Cc1nn(C)c(C)c1CN1CCN(CC(O)c2ccccc2F)CC1. The second-order valence-corrected chi connectivity index (χ2v) is 6.89. The number of halogens is 1. The summed E-state index contributed by atoms with van der Waals surface area (Å²) >= 11 is 0. The highest BCUT2D eigenvalue weighted by atomic mass is 19.1. The van der Waals surface area contributed by atoms with E-state index in [9.17, 15) is 9.50 Å². The van der Waals surface area contributed by atoms with Gasteiger partial charge in [-0.25, -0.2) is 4.39 Å². The van der Waals surface area contributed by atoms with Crippen molar-refractivity contribution in [3.05, 3.63) is 52.6 Å². The summed E-state index contributed by atoms with van der Waals surface area (Å²) in [6.07, 6.45) is -0.782. The normalized spacial score (nSPS) is 17.8. The van der Waals surface area contributed by atoms with Crippen LogP contribution in [0.25, 0.3) is 0 Å². The van der Waals surface area contributed by atoms with Gasteiger partial charge >= 0.3 is 0 Å². The maximum atomic E-state index is 13.8. The standard InChI is InChI=1S/C19H27FN4O/c1-14-17(15(2)22(3)21-14)12-23-8-10-24(11-9-23)13-19(25)16-6-4-5-7-18(16)20/h4-7,19,25H,8-13H2,1-3H3. The number of hydrogen-bond acceptors (Lipinski definition) is 4. The van der Waals surface area contributed by atoms with Crippen LogP contribution in [0.3, 0.4) is 0 Å². The average Bonchev–Trinajstić information content (AvgIpc) is 2.83. The first-order chi connectivity index (χ1) is 12.0. The Labute approximate surface area is 148 Å². The largest absolute Gasteiger partial charge is 0.387 e. The van der Waals surface area contributed by atoms with Crippen LogP contribution in [-0.4, -0.2) is 57.4 Å². The first-order valence-corrected chi connectivity index (χ1v) is 8.82. The van der Waals surface area contributed by atoms with Gasteiger partial charge in [0.05, 0.1) is 11.8 Å². The van der Waals surface area contributed by atoms with Crippen LogP contribution in [-0.2, 0) is 13.6 Å². The van der Waals surface area contributed by atoms with E-state index in [1.165, 1.54) is 17.3 Å². The van der Waals surface area contributed by atoms with Crippen molar-refractivity contribution >= 4 is 0 Å². The lowest BCUT2D eigenvalue weighted by Crippen LogP contribution is -2.47. The van der Waals surface area contributed by atoms with Crippen LogP contribution in [0.15, 0.2) is 24.3 Å². The Kier molecular flexibility index (Phi) is 5.51. The number of piperazine rings is 1. The van der Waals surface area contributed by atoms with Gasteiger partial charge in [0, 0.05) is 63.1 Å². The summed E-state index contributed by atoms with van der Waals surface area (Å²) < 4.78 is 15.7. The Balaban J connectivity index is 1.53. The third-order valence-corrected chi connectivity index (χ3v) is 5.20. The molecule has 2 heterocycles. The highest BCUT2D eigenvalue weighted by Gasteiger charge is 2.22. The van der Waals surface area contributed by atoms with E-state index in [0.717, 1.165) is 38.4 Å². The number of aliphatic hydroxyl groups excluding tert-OH is 1. The number of aliphatic hydroxyl groups is 1. The van der Waals surface area contributed by atoms with Gasteiger partial charge < -0.3 is 5.11 Å². The number of benzene rings is 1. The molecule has 136 valence electrons. The van der Waals surface area contributed by atoms with Crippen molar-refractivity contribution in [2.24, 2.45) is 7.05 Å². The highest BCUT2D eigenvalue weighted by molar-refractivity contribution is 5.24. The van der Waals surface area contributed by atoms with E-state index in [1.54, 1.807) is 18.2 Å². The third kappa shape index (κ3) is 4.08. The number of rotatable bonds is 5. The summed E-state index contributed by atoms with van der Waals surface area (Å²) in [5.74, 6) is -0.337. The highest BCUT2D eigenvalue weighted by Crippen LogP contribution is 2.20. The van der Waals surface area contributed by atoms with E-state index >= 15 is 0 Å². The van der Waals surface area contributed by atoms with Crippen LogP contribution in [0.4, 0.5) is 4.39 Å². The Morgan fingerprint density at radius 3 is 2.36 bits per heavy atom. The molecule has 0 amide bonds. The quantitative estimate of drug-likeness (QED) is 0.900. The molecule has 0 spiro atoms. The van der Waals surface area contributed by atoms with Crippen LogP contribution in [0.2, 0.25) is 0 Å². The molecule has 1 unspecified atom stereocenters. The monoisotopic (exact) mass is 346 g/mol. The molecule has 3 rings (SSSR count). The smallest absolute Gasteiger partial charge is 0.129 e. The molecule has 0 bridgehead atoms. The molecule has 1 aliphatic heterocycles. The molecular weight excluding hydrogens is 319 g/mol. The maximum Gasteiger partial charge on any atom is 0.129 e. The average molecular weight is 346 g/mol. The van der Waals surface area contributed by atoms with E-state index in [2.05, 4.69) is 28.7 Å². The molecular formula is C19H27FN4O. The number of β-amino-alcohol motifs (C(OH)–C–C–N with tert-alkyl or cyclic N) is 1. The fourth-order valence-corrected chi connectivity index (χ4v) is 3.49. The van der Waals surface area contributed by atoms with E-state index in [-0.39, 0.29) is 5.82 Å². The Bertz CT molecular complexity index is 722. The molecule has 25 heavy (non-hydrogen) atoms. The molecule has 2 aromatic rings. The Morgan fingerprint density at radius 1 is 1.12 bits per heavy atom. The summed E-state index contributed by atoms with van der Waals surface area (Å²) in [5, 5.41) is 14.8. The Morgan fingerprint density at radius 2 is 1.76 bits per heavy atom. The molecule has 0 aliphatic carbocycles. The summed E-state index contributed by atoms with van der Waals surface area (Å²) in [6.45, 7) is 9.19. The maximum absolute atomic E-state index is 13.8. The van der Waals surface area contributed by atoms with Crippen molar-refractivity contribution in [1.82, 2.24) is 19.6 Å². The predicted molar refractivity (Wildman–Crippen MR) is 95.8 cm³/mol. The molecule has 0 saturated carbocycles. The third-order valence-electron chi connectivity index (χ3n) is 5.20. The molecule has 6 heteroatoms. The number of aromatic nitrogens is 2. The fourth-order valence-electron chi connectivity index (χ4n) is 3.49. The Hall–Kier alpha value is -1.76. The molecule has 1 aromatic carbocycles. The van der Waals surface area contributed by atoms with Crippen LogP contribution in [0, 0.1) is 19.7 Å². The van der Waals surface area contributed by atoms with Crippen LogP contribution in [0.5, 0.6) is 0 Å². The van der Waals surface area contributed by atoms with Gasteiger partial charge in [-0.3, -0.25) is 14.5 Å². The molecule has 1 aliphatic rings. The minimum Gasteiger partial charge on any atom is -0.387 e. The second-order valence-electron chi connectivity index (χ2n) is 6.89. The molecule has 1 saturated heterocycles. The lowest BCUT2D eigenvalue weighted by Gasteiger charge is -2.35. The lowest BCUT2D eigenvalue weighted by molar-refractivity contribution is 0.0684. The molecule has 1 atom stereocenters. The van der Waals surface area contributed by atoms with Crippen molar-refractivity contribution < 1.29 is 9.50 Å². The summed E-state index contributed by atoms with van der Waals surface area (Å²) in [7, 11) is 1.98. The van der Waals surface area contributed by atoms with Crippen molar-refractivity contribution in [2.45, 2.75) is 26.5 Å². The fraction of sp³-hybridized carbons (Fsp3) is 0.526. The van der Waals surface area contributed by atoms with Gasteiger partial charge in [0.2, 0.25) is 0 Å². The van der Waals surface area contributed by atoms with Crippen molar-refractivity contribution in [3.63, 3.8) is 0 Å². The van der Waals surface area contributed by atoms with Crippen LogP contribution >= 0.6 is 0 Å². The van der Waals surface area contributed by atoms with E-state index in [1.807, 2.05) is 11.7 Å². The second kappa shape index (κ2) is 7.64. The van der Waals surface area contributed by atoms with E-state index in [4.69, 9.17) is 0 Å². The predicted octanol–water partition coefficient (Wildman–Crippen LogP) is 2.03. The van der Waals surface area contributed by atoms with Crippen LogP contribution in [0.1, 0.15) is 28.6 Å². The van der Waals surface area contributed by atoms with Gasteiger partial charge in [0.15, 0.2) is 0 Å². The number of nitrogens with zero attached hydrogens (tertiary/aromatic N) is 4. The minimum absolute atomic E-state index is 0.337.